The van der Waals surface area contributed by atoms with Gasteiger partial charge in [-0.2, -0.15) is 0 Å². The number of likely N-dealkylation sites (tertiary alicyclic amines) is 1. The van der Waals surface area contributed by atoms with Gasteiger partial charge in [0.25, 0.3) is 0 Å². The molecule has 0 radical (unpaired) electrons. The molecule has 15 heavy (non-hydrogen) atoms. The molecule has 5 heteroatoms. The molecule has 0 aromatic carbocycles. The van der Waals surface area contributed by atoms with Gasteiger partial charge in [-0.05, 0) is 30.8 Å². The molecule has 0 bridgehead atoms. The molecule has 0 aliphatic carbocycles. The van der Waals surface area contributed by atoms with Crippen molar-refractivity contribution in [2.75, 3.05) is 13.1 Å². The van der Waals surface area contributed by atoms with E-state index in [1.807, 2.05) is 11.3 Å². The third-order valence-electron chi connectivity index (χ3n) is 2.50. The molecule has 1 aromatic rings. The fourth-order valence-corrected chi connectivity index (χ4v) is 2.60. The van der Waals surface area contributed by atoms with Gasteiger partial charge < -0.3 is 5.73 Å². The van der Waals surface area contributed by atoms with Crippen LogP contribution in [-0.2, 0) is 6.54 Å². The van der Waals surface area contributed by atoms with E-state index in [0.717, 1.165) is 13.1 Å². The highest BCUT2D eigenvalue weighted by atomic mass is 35.5. The van der Waals surface area contributed by atoms with E-state index in [1.54, 1.807) is 0 Å². The van der Waals surface area contributed by atoms with Gasteiger partial charge in [0.2, 0.25) is 0 Å². The largest absolute Gasteiger partial charge is 0.327 e. The number of nitrogens with two attached hydrogens (primary N) is 1. The lowest BCUT2D eigenvalue weighted by atomic mass is 10.1. The molecule has 2 nitrogen and oxygen atoms in total. The average molecular weight is 269 g/mol. The van der Waals surface area contributed by atoms with Crippen LogP contribution in [-0.4, -0.2) is 24.0 Å². The summed E-state index contributed by atoms with van der Waals surface area (Å²) < 4.78 is 0. The van der Waals surface area contributed by atoms with Crippen LogP contribution in [0, 0.1) is 0 Å². The van der Waals surface area contributed by atoms with Gasteiger partial charge in [0, 0.05) is 24.0 Å². The van der Waals surface area contributed by atoms with Gasteiger partial charge in [-0.3, -0.25) is 4.90 Å². The predicted octanol–water partition coefficient (Wildman–Crippen LogP) is 2.51. The van der Waals surface area contributed by atoms with E-state index in [1.165, 1.54) is 24.3 Å². The van der Waals surface area contributed by atoms with E-state index < -0.39 is 0 Å². The van der Waals surface area contributed by atoms with Crippen molar-refractivity contribution in [2.24, 2.45) is 5.73 Å². The Morgan fingerprint density at radius 2 is 2.27 bits per heavy atom. The number of piperidine rings is 1. The second-order valence-corrected chi connectivity index (χ2v) is 4.75. The quantitative estimate of drug-likeness (QED) is 0.894. The summed E-state index contributed by atoms with van der Waals surface area (Å²) in [5.41, 5.74) is 5.92. The molecule has 0 saturated carbocycles. The van der Waals surface area contributed by atoms with Crippen LogP contribution in [0.3, 0.4) is 0 Å². The monoisotopic (exact) mass is 268 g/mol. The minimum atomic E-state index is 0. The molecule has 0 spiro atoms. The van der Waals surface area contributed by atoms with Crippen LogP contribution >= 0.6 is 36.2 Å². The van der Waals surface area contributed by atoms with Crippen molar-refractivity contribution in [2.45, 2.75) is 25.4 Å². The van der Waals surface area contributed by atoms with Gasteiger partial charge in [-0.15, -0.1) is 36.2 Å². The Labute approximate surface area is 108 Å². The Hall–Kier alpha value is 0.200. The van der Waals surface area contributed by atoms with Crippen LogP contribution in [0.2, 0.25) is 0 Å². The van der Waals surface area contributed by atoms with Crippen molar-refractivity contribution in [1.82, 2.24) is 4.90 Å². The summed E-state index contributed by atoms with van der Waals surface area (Å²) in [7, 11) is 0. The summed E-state index contributed by atoms with van der Waals surface area (Å²) in [6, 6.07) is 4.71. The maximum absolute atomic E-state index is 5.92. The first-order valence-electron chi connectivity index (χ1n) is 4.85. The van der Waals surface area contributed by atoms with E-state index in [0.29, 0.717) is 6.04 Å². The van der Waals surface area contributed by atoms with Gasteiger partial charge in [-0.1, -0.05) is 6.07 Å². The van der Waals surface area contributed by atoms with Crippen molar-refractivity contribution in [3.05, 3.63) is 22.4 Å². The molecule has 1 saturated heterocycles. The summed E-state index contributed by atoms with van der Waals surface area (Å²) >= 11 is 1.84. The number of nitrogens with zero attached hydrogens (tertiary/aromatic N) is 1. The molecule has 1 atom stereocenters. The fourth-order valence-electron chi connectivity index (χ4n) is 1.86. The second kappa shape index (κ2) is 7.47. The van der Waals surface area contributed by atoms with Crippen LogP contribution in [0.5, 0.6) is 0 Å². The number of hydrogen-bond acceptors (Lipinski definition) is 3. The lowest BCUT2D eigenvalue weighted by molar-refractivity contribution is 0.203. The van der Waals surface area contributed by atoms with Gasteiger partial charge in [-0.25, -0.2) is 0 Å². The zero-order valence-electron chi connectivity index (χ0n) is 8.59. The van der Waals surface area contributed by atoms with E-state index in [9.17, 15) is 0 Å². The Morgan fingerprint density at radius 1 is 1.47 bits per heavy atom. The Bertz CT molecular complexity index is 254. The second-order valence-electron chi connectivity index (χ2n) is 3.72. The molecular formula is C10H18Cl2N2S. The van der Waals surface area contributed by atoms with Crippen LogP contribution in [0.25, 0.3) is 0 Å². The van der Waals surface area contributed by atoms with Crippen LogP contribution in [0.15, 0.2) is 17.5 Å². The standard InChI is InChI=1S/C10H16N2S.2ClH/c11-9-3-1-5-12(7-9)8-10-4-2-6-13-10;;/h2,4,6,9H,1,3,5,7-8,11H2;2*1H. The van der Waals surface area contributed by atoms with E-state index >= 15 is 0 Å². The smallest absolute Gasteiger partial charge is 0.0328 e. The lowest BCUT2D eigenvalue weighted by Gasteiger charge is -2.30. The molecule has 1 aliphatic heterocycles. The van der Waals surface area contributed by atoms with E-state index in [4.69, 9.17) is 5.73 Å². The number of halogens is 2. The minimum Gasteiger partial charge on any atom is -0.327 e. The SMILES string of the molecule is Cl.Cl.NC1CCCN(Cc2cccs2)C1. The maximum atomic E-state index is 5.92. The van der Waals surface area contributed by atoms with Crippen molar-refractivity contribution in [3.8, 4) is 0 Å². The summed E-state index contributed by atoms with van der Waals surface area (Å²) in [4.78, 5) is 3.91. The molecule has 2 rings (SSSR count). The maximum Gasteiger partial charge on any atom is 0.0328 e. The third kappa shape index (κ3) is 4.70. The van der Waals surface area contributed by atoms with Crippen molar-refractivity contribution in [3.63, 3.8) is 0 Å². The molecule has 2 heterocycles. The lowest BCUT2D eigenvalue weighted by Crippen LogP contribution is -2.42. The zero-order chi connectivity index (χ0) is 9.10. The number of thiophene rings is 1. The first-order valence-corrected chi connectivity index (χ1v) is 5.73. The van der Waals surface area contributed by atoms with Gasteiger partial charge in [0.1, 0.15) is 0 Å². The molecule has 1 aromatic heterocycles. The Balaban J connectivity index is 0.000000980. The van der Waals surface area contributed by atoms with E-state index in [2.05, 4.69) is 22.4 Å². The Morgan fingerprint density at radius 3 is 2.87 bits per heavy atom. The fraction of sp³-hybridized carbons (Fsp3) is 0.600. The molecule has 1 aliphatic rings. The normalized spacial score (nSPS) is 21.5. The summed E-state index contributed by atoms with van der Waals surface area (Å²) in [5.74, 6) is 0. The molecule has 1 fully saturated rings. The summed E-state index contributed by atoms with van der Waals surface area (Å²) in [6.07, 6.45) is 2.45. The summed E-state index contributed by atoms with van der Waals surface area (Å²) in [6.45, 7) is 3.37. The third-order valence-corrected chi connectivity index (χ3v) is 3.36. The van der Waals surface area contributed by atoms with Crippen LogP contribution in [0.1, 0.15) is 17.7 Å². The number of rotatable bonds is 2. The van der Waals surface area contributed by atoms with Crippen LogP contribution in [0.4, 0.5) is 0 Å². The highest BCUT2D eigenvalue weighted by Crippen LogP contribution is 2.15. The topological polar surface area (TPSA) is 29.3 Å². The summed E-state index contributed by atoms with van der Waals surface area (Å²) in [5, 5.41) is 2.14. The van der Waals surface area contributed by atoms with Crippen molar-refractivity contribution >= 4 is 36.2 Å². The molecule has 0 amide bonds. The van der Waals surface area contributed by atoms with Gasteiger partial charge in [0.05, 0.1) is 0 Å². The molecule has 2 N–H and O–H groups in total. The first-order chi connectivity index (χ1) is 6.34. The van der Waals surface area contributed by atoms with Gasteiger partial charge >= 0.3 is 0 Å². The average Bonchev–Trinajstić information content (AvgIpc) is 2.57. The highest BCUT2D eigenvalue weighted by Gasteiger charge is 2.16. The van der Waals surface area contributed by atoms with E-state index in [-0.39, 0.29) is 24.8 Å². The van der Waals surface area contributed by atoms with Crippen LogP contribution < -0.4 is 5.73 Å². The molecule has 88 valence electrons. The van der Waals surface area contributed by atoms with Crippen molar-refractivity contribution < 1.29 is 0 Å². The molecular weight excluding hydrogens is 251 g/mol. The predicted molar refractivity (Wildman–Crippen MR) is 71.3 cm³/mol. The number of hydrogen-bond donors (Lipinski definition) is 1. The van der Waals surface area contributed by atoms with Crippen molar-refractivity contribution in [1.29, 1.82) is 0 Å². The minimum absolute atomic E-state index is 0. The van der Waals surface area contributed by atoms with Gasteiger partial charge in [0.15, 0.2) is 0 Å². The Kier molecular flexibility index (Phi) is 7.57. The zero-order valence-corrected chi connectivity index (χ0v) is 11.0. The highest BCUT2D eigenvalue weighted by molar-refractivity contribution is 7.09. The molecule has 1 unspecified atom stereocenters. The first kappa shape index (κ1) is 15.2.